The molecule has 4 nitrogen and oxygen atoms in total. The van der Waals surface area contributed by atoms with Crippen molar-refractivity contribution in [3.05, 3.63) is 16.1 Å². The van der Waals surface area contributed by atoms with Crippen molar-refractivity contribution >= 4 is 17.2 Å². The molecule has 5 heteroatoms. The zero-order chi connectivity index (χ0) is 13.9. The third kappa shape index (κ3) is 3.15. The first-order chi connectivity index (χ1) is 9.15. The van der Waals surface area contributed by atoms with Crippen molar-refractivity contribution in [2.45, 2.75) is 45.4 Å². The molecule has 1 amide bonds. The second-order valence-corrected chi connectivity index (χ2v) is 6.24. The monoisotopic (exact) mass is 282 g/mol. The summed E-state index contributed by atoms with van der Waals surface area (Å²) in [5, 5.41) is 12.5. The number of aliphatic hydroxyl groups is 1. The molecule has 1 fully saturated rings. The van der Waals surface area contributed by atoms with Crippen molar-refractivity contribution in [2.24, 2.45) is 5.41 Å². The van der Waals surface area contributed by atoms with Gasteiger partial charge in [0.05, 0.1) is 17.8 Å². The fourth-order valence-corrected chi connectivity index (χ4v) is 2.99. The van der Waals surface area contributed by atoms with Crippen molar-refractivity contribution in [1.82, 2.24) is 10.3 Å². The standard InChI is InChI=1S/C14H22N2O2S/c1-3-14(4-2,8-17)7-15-13(18)12-11(10-5-6-10)16-9-19-12/h9-10,17H,3-8H2,1-2H3,(H,15,18). The zero-order valence-corrected chi connectivity index (χ0v) is 12.4. The highest BCUT2D eigenvalue weighted by Crippen LogP contribution is 2.41. The Bertz CT molecular complexity index is 428. The molecular formula is C14H22N2O2S. The van der Waals surface area contributed by atoms with Crippen molar-refractivity contribution in [3.63, 3.8) is 0 Å². The van der Waals surface area contributed by atoms with Gasteiger partial charge in [0.15, 0.2) is 0 Å². The number of rotatable bonds is 7. The van der Waals surface area contributed by atoms with E-state index in [1.54, 1.807) is 5.51 Å². The summed E-state index contributed by atoms with van der Waals surface area (Å²) in [6, 6.07) is 0. The molecule has 0 spiro atoms. The second-order valence-electron chi connectivity index (χ2n) is 5.39. The molecule has 1 saturated carbocycles. The molecule has 2 N–H and O–H groups in total. The maximum absolute atomic E-state index is 12.2. The summed E-state index contributed by atoms with van der Waals surface area (Å²) in [4.78, 5) is 17.3. The maximum Gasteiger partial charge on any atom is 0.263 e. The minimum atomic E-state index is -0.194. The van der Waals surface area contributed by atoms with Gasteiger partial charge in [0, 0.05) is 17.9 Å². The predicted octanol–water partition coefficient (Wildman–Crippen LogP) is 2.55. The molecule has 1 aromatic rings. The van der Waals surface area contributed by atoms with Crippen LogP contribution in [-0.2, 0) is 0 Å². The zero-order valence-electron chi connectivity index (χ0n) is 11.6. The summed E-state index contributed by atoms with van der Waals surface area (Å²) in [7, 11) is 0. The predicted molar refractivity (Wildman–Crippen MR) is 76.5 cm³/mol. The molecule has 0 radical (unpaired) electrons. The Morgan fingerprint density at radius 1 is 1.53 bits per heavy atom. The molecule has 2 rings (SSSR count). The molecule has 0 unspecified atom stereocenters. The Balaban J connectivity index is 1.99. The van der Waals surface area contributed by atoms with Gasteiger partial charge in [0.1, 0.15) is 4.88 Å². The first kappa shape index (κ1) is 14.5. The van der Waals surface area contributed by atoms with E-state index in [9.17, 15) is 9.90 Å². The number of thiazole rings is 1. The van der Waals surface area contributed by atoms with E-state index in [0.717, 1.165) is 36.3 Å². The number of nitrogens with one attached hydrogen (secondary N) is 1. The number of nitrogens with zero attached hydrogens (tertiary/aromatic N) is 1. The molecule has 1 aliphatic carbocycles. The van der Waals surface area contributed by atoms with Crippen LogP contribution < -0.4 is 5.32 Å². The van der Waals surface area contributed by atoms with E-state index in [2.05, 4.69) is 10.3 Å². The van der Waals surface area contributed by atoms with E-state index in [-0.39, 0.29) is 17.9 Å². The Morgan fingerprint density at radius 3 is 2.74 bits per heavy atom. The van der Waals surface area contributed by atoms with Crippen LogP contribution in [0.4, 0.5) is 0 Å². The van der Waals surface area contributed by atoms with Gasteiger partial charge in [-0.3, -0.25) is 4.79 Å². The lowest BCUT2D eigenvalue weighted by molar-refractivity contribution is 0.0853. The van der Waals surface area contributed by atoms with Gasteiger partial charge in [-0.05, 0) is 25.7 Å². The first-order valence-corrected chi connectivity index (χ1v) is 7.86. The Morgan fingerprint density at radius 2 is 2.21 bits per heavy atom. The van der Waals surface area contributed by atoms with E-state index in [4.69, 9.17) is 0 Å². The molecule has 0 saturated heterocycles. The highest BCUT2D eigenvalue weighted by molar-refractivity contribution is 7.11. The number of hydrogen-bond acceptors (Lipinski definition) is 4. The van der Waals surface area contributed by atoms with Crippen LogP contribution in [0.2, 0.25) is 0 Å². The molecule has 0 aromatic carbocycles. The second kappa shape index (κ2) is 6.01. The van der Waals surface area contributed by atoms with Crippen LogP contribution in [0.1, 0.15) is 60.8 Å². The van der Waals surface area contributed by atoms with E-state index < -0.39 is 0 Å². The van der Waals surface area contributed by atoms with Gasteiger partial charge in [-0.15, -0.1) is 11.3 Å². The maximum atomic E-state index is 12.2. The number of hydrogen-bond donors (Lipinski definition) is 2. The summed E-state index contributed by atoms with van der Waals surface area (Å²) < 4.78 is 0. The van der Waals surface area contributed by atoms with E-state index in [0.29, 0.717) is 12.5 Å². The molecular weight excluding hydrogens is 260 g/mol. The van der Waals surface area contributed by atoms with Crippen molar-refractivity contribution < 1.29 is 9.90 Å². The molecule has 0 bridgehead atoms. The van der Waals surface area contributed by atoms with Crippen molar-refractivity contribution in [1.29, 1.82) is 0 Å². The smallest absolute Gasteiger partial charge is 0.263 e. The third-order valence-electron chi connectivity index (χ3n) is 4.22. The average molecular weight is 282 g/mol. The van der Waals surface area contributed by atoms with Crippen LogP contribution >= 0.6 is 11.3 Å². The molecule has 0 atom stereocenters. The topological polar surface area (TPSA) is 62.2 Å². The number of carbonyl (C=O) groups is 1. The fraction of sp³-hybridized carbons (Fsp3) is 0.714. The highest BCUT2D eigenvalue weighted by Gasteiger charge is 2.32. The number of amides is 1. The van der Waals surface area contributed by atoms with E-state index in [1.165, 1.54) is 11.3 Å². The van der Waals surface area contributed by atoms with Gasteiger partial charge in [-0.25, -0.2) is 4.98 Å². The van der Waals surface area contributed by atoms with E-state index in [1.807, 2.05) is 13.8 Å². The van der Waals surface area contributed by atoms with Gasteiger partial charge in [-0.2, -0.15) is 0 Å². The summed E-state index contributed by atoms with van der Waals surface area (Å²) in [6.45, 7) is 4.73. The minimum absolute atomic E-state index is 0.0378. The lowest BCUT2D eigenvalue weighted by Gasteiger charge is -2.29. The molecule has 1 aliphatic rings. The number of aliphatic hydroxyl groups excluding tert-OH is 1. The van der Waals surface area contributed by atoms with Crippen LogP contribution in [0.3, 0.4) is 0 Å². The summed E-state index contributed by atoms with van der Waals surface area (Å²) in [5.74, 6) is 0.455. The minimum Gasteiger partial charge on any atom is -0.396 e. The summed E-state index contributed by atoms with van der Waals surface area (Å²) in [5.41, 5.74) is 2.52. The highest BCUT2D eigenvalue weighted by atomic mass is 32.1. The molecule has 1 aromatic heterocycles. The summed E-state index contributed by atoms with van der Waals surface area (Å²) in [6.07, 6.45) is 4.01. The van der Waals surface area contributed by atoms with Crippen molar-refractivity contribution in [3.8, 4) is 0 Å². The third-order valence-corrected chi connectivity index (χ3v) is 5.07. The number of carbonyl (C=O) groups excluding carboxylic acids is 1. The molecule has 19 heavy (non-hydrogen) atoms. The normalized spacial score (nSPS) is 15.5. The van der Waals surface area contributed by atoms with Crippen molar-refractivity contribution in [2.75, 3.05) is 13.2 Å². The van der Waals surface area contributed by atoms with Crippen LogP contribution in [0.15, 0.2) is 5.51 Å². The fourth-order valence-electron chi connectivity index (χ4n) is 2.20. The lowest BCUT2D eigenvalue weighted by Crippen LogP contribution is -2.39. The molecule has 0 aliphatic heterocycles. The van der Waals surface area contributed by atoms with Crippen LogP contribution in [0, 0.1) is 5.41 Å². The average Bonchev–Trinajstić information content (AvgIpc) is 3.18. The first-order valence-electron chi connectivity index (χ1n) is 6.98. The van der Waals surface area contributed by atoms with Crippen LogP contribution in [0.5, 0.6) is 0 Å². The van der Waals surface area contributed by atoms with Gasteiger partial charge in [-0.1, -0.05) is 13.8 Å². The quantitative estimate of drug-likeness (QED) is 0.808. The lowest BCUT2D eigenvalue weighted by atomic mass is 9.83. The SMILES string of the molecule is CCC(CC)(CO)CNC(=O)c1scnc1C1CC1. The van der Waals surface area contributed by atoms with Gasteiger partial charge in [0.2, 0.25) is 0 Å². The van der Waals surface area contributed by atoms with Gasteiger partial charge in [0.25, 0.3) is 5.91 Å². The van der Waals surface area contributed by atoms with Crippen LogP contribution in [-0.4, -0.2) is 29.1 Å². The van der Waals surface area contributed by atoms with Gasteiger partial charge < -0.3 is 10.4 Å². The molecule has 1 heterocycles. The van der Waals surface area contributed by atoms with E-state index >= 15 is 0 Å². The Labute approximate surface area is 118 Å². The largest absolute Gasteiger partial charge is 0.396 e. The number of aromatic nitrogens is 1. The van der Waals surface area contributed by atoms with Crippen LogP contribution in [0.25, 0.3) is 0 Å². The Hall–Kier alpha value is -0.940. The molecule has 106 valence electrons. The van der Waals surface area contributed by atoms with Gasteiger partial charge >= 0.3 is 0 Å². The Kier molecular flexibility index (Phi) is 4.58. The summed E-state index contributed by atoms with van der Waals surface area (Å²) >= 11 is 1.41.